The summed E-state index contributed by atoms with van der Waals surface area (Å²) in [7, 11) is 0. The molecule has 1 aliphatic heterocycles. The molecule has 28 heavy (non-hydrogen) atoms. The lowest BCUT2D eigenvalue weighted by atomic mass is 10.0. The van der Waals surface area contributed by atoms with Gasteiger partial charge in [-0.1, -0.05) is 36.4 Å². The zero-order chi connectivity index (χ0) is 18.9. The Morgan fingerprint density at radius 3 is 2.68 bits per heavy atom. The fraction of sp³-hybridized carbons (Fsp3) is 0.208. The van der Waals surface area contributed by atoms with Crippen LogP contribution in [0, 0.1) is 0 Å². The smallest absolute Gasteiger partial charge is 0.255 e. The second-order valence-corrected chi connectivity index (χ2v) is 8.48. The summed E-state index contributed by atoms with van der Waals surface area (Å²) in [6.45, 7) is 2.00. The van der Waals surface area contributed by atoms with Crippen molar-refractivity contribution in [1.29, 1.82) is 0 Å². The number of rotatable bonds is 4. The van der Waals surface area contributed by atoms with Crippen molar-refractivity contribution < 1.29 is 0 Å². The third-order valence-electron chi connectivity index (χ3n) is 5.50. The number of hydrogen-bond donors (Lipinski definition) is 1. The first-order chi connectivity index (χ1) is 13.8. The maximum Gasteiger partial charge on any atom is 0.255 e. The van der Waals surface area contributed by atoms with E-state index in [4.69, 9.17) is 0 Å². The fourth-order valence-corrected chi connectivity index (χ4v) is 5.25. The van der Waals surface area contributed by atoms with E-state index in [2.05, 4.69) is 53.8 Å². The molecular formula is C24H22N2OS. The Balaban J connectivity index is 1.42. The van der Waals surface area contributed by atoms with Gasteiger partial charge >= 0.3 is 0 Å². The molecular weight excluding hydrogens is 364 g/mol. The molecule has 140 valence electrons. The van der Waals surface area contributed by atoms with Gasteiger partial charge in [0.25, 0.3) is 5.56 Å². The van der Waals surface area contributed by atoms with Gasteiger partial charge in [0.1, 0.15) is 0 Å². The summed E-state index contributed by atoms with van der Waals surface area (Å²) in [5.41, 5.74) is 4.84. The molecule has 2 aromatic carbocycles. The van der Waals surface area contributed by atoms with Gasteiger partial charge in [0.05, 0.1) is 5.69 Å². The Hall–Kier alpha value is -2.69. The van der Waals surface area contributed by atoms with Gasteiger partial charge in [-0.25, -0.2) is 0 Å². The van der Waals surface area contributed by atoms with Gasteiger partial charge in [-0.15, -0.1) is 11.3 Å². The van der Waals surface area contributed by atoms with Crippen LogP contribution in [0.3, 0.4) is 0 Å². The van der Waals surface area contributed by atoms with Crippen LogP contribution in [0.1, 0.15) is 21.6 Å². The van der Waals surface area contributed by atoms with E-state index in [1.165, 1.54) is 26.1 Å². The van der Waals surface area contributed by atoms with Crippen LogP contribution in [0.4, 0.5) is 0 Å². The van der Waals surface area contributed by atoms with Crippen molar-refractivity contribution >= 4 is 21.4 Å². The normalized spacial score (nSPS) is 13.6. The average molecular weight is 387 g/mol. The lowest BCUT2D eigenvalue weighted by molar-refractivity contribution is 0.657. The highest BCUT2D eigenvalue weighted by Gasteiger charge is 2.16. The Kier molecular flexibility index (Phi) is 4.59. The molecule has 0 fully saturated rings. The number of nitrogens with one attached hydrogen (secondary N) is 1. The molecule has 0 bridgehead atoms. The summed E-state index contributed by atoms with van der Waals surface area (Å²) in [6.07, 6.45) is 4.83. The number of pyridine rings is 1. The van der Waals surface area contributed by atoms with Crippen LogP contribution in [0.25, 0.3) is 15.8 Å². The molecule has 0 amide bonds. The van der Waals surface area contributed by atoms with E-state index in [1.807, 2.05) is 23.6 Å². The van der Waals surface area contributed by atoms with Gasteiger partial charge in [0.2, 0.25) is 0 Å². The molecule has 5 rings (SSSR count). The first-order valence-electron chi connectivity index (χ1n) is 9.79. The van der Waals surface area contributed by atoms with E-state index < -0.39 is 0 Å². The zero-order valence-electron chi connectivity index (χ0n) is 15.7. The standard InChI is InChI=1S/C24H22N2OS/c27-24-14-18(7-6-17-4-2-1-3-5-17)11-13-26(24)19-8-9-20-21-10-12-25-16-23(21)28-22(20)15-19/h1-5,8-9,11,13-15,25H,6-7,10,12,16H2. The topological polar surface area (TPSA) is 34.0 Å². The number of aromatic nitrogens is 1. The van der Waals surface area contributed by atoms with Crippen molar-refractivity contribution in [3.8, 4) is 5.69 Å². The number of hydrogen-bond acceptors (Lipinski definition) is 3. The number of fused-ring (bicyclic) bond motifs is 3. The molecule has 4 heteroatoms. The predicted molar refractivity (Wildman–Crippen MR) is 117 cm³/mol. The Morgan fingerprint density at radius 1 is 0.964 bits per heavy atom. The van der Waals surface area contributed by atoms with Gasteiger partial charge in [0.15, 0.2) is 0 Å². The van der Waals surface area contributed by atoms with Crippen LogP contribution in [-0.4, -0.2) is 11.1 Å². The van der Waals surface area contributed by atoms with E-state index in [9.17, 15) is 4.79 Å². The monoisotopic (exact) mass is 386 g/mol. The Labute approximate surface area is 168 Å². The first-order valence-corrected chi connectivity index (χ1v) is 10.6. The zero-order valence-corrected chi connectivity index (χ0v) is 16.5. The van der Waals surface area contributed by atoms with Crippen molar-refractivity contribution in [2.24, 2.45) is 0 Å². The van der Waals surface area contributed by atoms with Crippen LogP contribution < -0.4 is 10.9 Å². The van der Waals surface area contributed by atoms with Crippen molar-refractivity contribution in [3.63, 3.8) is 0 Å². The van der Waals surface area contributed by atoms with Crippen LogP contribution in [0.2, 0.25) is 0 Å². The van der Waals surface area contributed by atoms with E-state index in [0.717, 1.165) is 43.6 Å². The highest BCUT2D eigenvalue weighted by molar-refractivity contribution is 7.19. The molecule has 3 heterocycles. The molecule has 1 N–H and O–H groups in total. The second-order valence-electron chi connectivity index (χ2n) is 7.34. The van der Waals surface area contributed by atoms with Crippen molar-refractivity contribution in [2.45, 2.75) is 25.8 Å². The maximum absolute atomic E-state index is 12.7. The number of nitrogens with zero attached hydrogens (tertiary/aromatic N) is 1. The molecule has 0 spiro atoms. The molecule has 0 atom stereocenters. The van der Waals surface area contributed by atoms with E-state index in [1.54, 1.807) is 10.6 Å². The van der Waals surface area contributed by atoms with Gasteiger partial charge < -0.3 is 5.32 Å². The number of benzene rings is 2. The fourth-order valence-electron chi connectivity index (χ4n) is 3.99. The molecule has 2 aromatic heterocycles. The second kappa shape index (κ2) is 7.38. The highest BCUT2D eigenvalue weighted by Crippen LogP contribution is 2.34. The number of aryl methyl sites for hydroxylation is 2. The summed E-state index contributed by atoms with van der Waals surface area (Å²) < 4.78 is 3.02. The molecule has 1 aliphatic rings. The quantitative estimate of drug-likeness (QED) is 0.561. The van der Waals surface area contributed by atoms with Crippen LogP contribution in [0.15, 0.2) is 71.7 Å². The van der Waals surface area contributed by atoms with Crippen LogP contribution in [0.5, 0.6) is 0 Å². The minimum atomic E-state index is 0.0351. The van der Waals surface area contributed by atoms with Crippen molar-refractivity contribution in [3.05, 3.63) is 98.8 Å². The summed E-state index contributed by atoms with van der Waals surface area (Å²) in [5.74, 6) is 0. The third-order valence-corrected chi connectivity index (χ3v) is 6.70. The number of thiophene rings is 1. The Bertz CT molecular complexity index is 1190. The molecule has 0 unspecified atom stereocenters. The van der Waals surface area contributed by atoms with Gasteiger partial charge in [0, 0.05) is 28.4 Å². The van der Waals surface area contributed by atoms with Crippen molar-refractivity contribution in [2.75, 3.05) is 6.54 Å². The van der Waals surface area contributed by atoms with Gasteiger partial charge in [-0.3, -0.25) is 9.36 Å². The molecule has 0 saturated carbocycles. The minimum absolute atomic E-state index is 0.0351. The first kappa shape index (κ1) is 17.4. The maximum atomic E-state index is 12.7. The van der Waals surface area contributed by atoms with Gasteiger partial charge in [-0.05, 0) is 66.1 Å². The highest BCUT2D eigenvalue weighted by atomic mass is 32.1. The minimum Gasteiger partial charge on any atom is -0.312 e. The largest absolute Gasteiger partial charge is 0.312 e. The van der Waals surface area contributed by atoms with Gasteiger partial charge in [-0.2, -0.15) is 0 Å². The molecule has 0 radical (unpaired) electrons. The summed E-state index contributed by atoms with van der Waals surface area (Å²) >= 11 is 1.85. The summed E-state index contributed by atoms with van der Waals surface area (Å²) in [5, 5.41) is 4.79. The SMILES string of the molecule is O=c1cc(CCc2ccccc2)ccn1-c1ccc2c3c(sc2c1)CNCC3. The molecule has 0 saturated heterocycles. The molecule has 3 nitrogen and oxygen atoms in total. The van der Waals surface area contributed by atoms with E-state index in [0.29, 0.717) is 0 Å². The third kappa shape index (κ3) is 3.30. The van der Waals surface area contributed by atoms with Crippen molar-refractivity contribution in [1.82, 2.24) is 9.88 Å². The summed E-state index contributed by atoms with van der Waals surface area (Å²) in [4.78, 5) is 14.2. The Morgan fingerprint density at radius 2 is 1.82 bits per heavy atom. The lowest BCUT2D eigenvalue weighted by Crippen LogP contribution is -2.21. The molecule has 0 aliphatic carbocycles. The van der Waals surface area contributed by atoms with Crippen LogP contribution in [-0.2, 0) is 25.8 Å². The average Bonchev–Trinajstić information content (AvgIpc) is 3.11. The predicted octanol–water partition coefficient (Wildman–Crippen LogP) is 4.48. The van der Waals surface area contributed by atoms with E-state index in [-0.39, 0.29) is 5.56 Å². The lowest BCUT2D eigenvalue weighted by Gasteiger charge is -2.12. The molecule has 4 aromatic rings. The van der Waals surface area contributed by atoms with Crippen LogP contribution >= 0.6 is 11.3 Å². The summed E-state index contributed by atoms with van der Waals surface area (Å²) in [6, 6.07) is 20.7. The van der Waals surface area contributed by atoms with E-state index >= 15 is 0 Å².